The van der Waals surface area contributed by atoms with Crippen LogP contribution in [0.5, 0.6) is 0 Å². The number of aliphatic hydroxyl groups is 1. The maximum absolute atomic E-state index is 8.60. The zero-order valence-electron chi connectivity index (χ0n) is 9.02. The van der Waals surface area contributed by atoms with Crippen LogP contribution in [0.2, 0.25) is 0 Å². The molecule has 6 heteroatoms. The second-order valence-corrected chi connectivity index (χ2v) is 4.45. The molecule has 0 atom stereocenters. The van der Waals surface area contributed by atoms with Crippen LogP contribution in [0.3, 0.4) is 0 Å². The normalized spacial score (nSPS) is 10.8. The monoisotopic (exact) mass is 230 g/mol. The highest BCUT2D eigenvalue weighted by Gasteiger charge is 2.04. The number of nitrogens with zero attached hydrogens (tertiary/aromatic N) is 3. The summed E-state index contributed by atoms with van der Waals surface area (Å²) in [6, 6.07) is 0. The van der Waals surface area contributed by atoms with Crippen molar-refractivity contribution in [3.05, 3.63) is 0 Å². The fourth-order valence-electron chi connectivity index (χ4n) is 1.18. The molecule has 1 rings (SSSR count). The van der Waals surface area contributed by atoms with Crippen molar-refractivity contribution < 1.29 is 5.11 Å². The standard InChI is InChI=1S/C9H18N4OS/c1-13-8(10)11-12-9(13)15-7-5-3-2-4-6-14/h14H,2-7H2,1H3,(H2,10,11). The predicted octanol–water partition coefficient (Wildman–Crippen LogP) is 1.04. The van der Waals surface area contributed by atoms with Gasteiger partial charge in [-0.15, -0.1) is 10.2 Å². The highest BCUT2D eigenvalue weighted by molar-refractivity contribution is 7.99. The Morgan fingerprint density at radius 3 is 2.60 bits per heavy atom. The molecule has 0 saturated carbocycles. The van der Waals surface area contributed by atoms with Crippen molar-refractivity contribution in [3.63, 3.8) is 0 Å². The molecule has 0 radical (unpaired) electrons. The Morgan fingerprint density at radius 1 is 1.27 bits per heavy atom. The van der Waals surface area contributed by atoms with E-state index in [1.807, 2.05) is 7.05 Å². The predicted molar refractivity (Wildman–Crippen MR) is 61.7 cm³/mol. The van der Waals surface area contributed by atoms with Crippen LogP contribution in [0.1, 0.15) is 25.7 Å². The maximum atomic E-state index is 8.60. The molecule has 15 heavy (non-hydrogen) atoms. The van der Waals surface area contributed by atoms with Crippen LogP contribution in [-0.2, 0) is 7.05 Å². The summed E-state index contributed by atoms with van der Waals surface area (Å²) >= 11 is 1.67. The van der Waals surface area contributed by atoms with Crippen LogP contribution in [0.4, 0.5) is 5.95 Å². The molecule has 3 N–H and O–H groups in total. The summed E-state index contributed by atoms with van der Waals surface area (Å²) in [5, 5.41) is 17.2. The summed E-state index contributed by atoms with van der Waals surface area (Å²) in [6.45, 7) is 0.299. The molecular weight excluding hydrogens is 212 g/mol. The minimum absolute atomic E-state index is 0.299. The van der Waals surface area contributed by atoms with Gasteiger partial charge in [-0.2, -0.15) is 0 Å². The zero-order valence-corrected chi connectivity index (χ0v) is 9.83. The van der Waals surface area contributed by atoms with E-state index in [1.165, 1.54) is 0 Å². The first kappa shape index (κ1) is 12.3. The van der Waals surface area contributed by atoms with Gasteiger partial charge in [-0.25, -0.2) is 0 Å². The summed E-state index contributed by atoms with van der Waals surface area (Å²) in [5.41, 5.74) is 5.56. The number of aliphatic hydroxyl groups excluding tert-OH is 1. The third-order valence-electron chi connectivity index (χ3n) is 2.15. The van der Waals surface area contributed by atoms with Crippen molar-refractivity contribution in [3.8, 4) is 0 Å². The lowest BCUT2D eigenvalue weighted by Crippen LogP contribution is -1.98. The Balaban J connectivity index is 2.12. The molecule has 86 valence electrons. The number of anilines is 1. The number of aromatic nitrogens is 3. The Hall–Kier alpha value is -0.750. The van der Waals surface area contributed by atoms with E-state index in [9.17, 15) is 0 Å². The van der Waals surface area contributed by atoms with Gasteiger partial charge in [-0.1, -0.05) is 24.6 Å². The molecule has 0 aliphatic carbocycles. The molecule has 0 unspecified atom stereocenters. The summed E-state index contributed by atoms with van der Waals surface area (Å²) in [6.07, 6.45) is 4.29. The average Bonchev–Trinajstić information content (AvgIpc) is 2.54. The molecule has 0 spiro atoms. The highest BCUT2D eigenvalue weighted by atomic mass is 32.2. The van der Waals surface area contributed by atoms with Crippen LogP contribution < -0.4 is 5.73 Å². The van der Waals surface area contributed by atoms with E-state index in [2.05, 4.69) is 10.2 Å². The lowest BCUT2D eigenvalue weighted by molar-refractivity contribution is 0.283. The van der Waals surface area contributed by atoms with E-state index >= 15 is 0 Å². The Labute approximate surface area is 94.1 Å². The van der Waals surface area contributed by atoms with Gasteiger partial charge >= 0.3 is 0 Å². The zero-order chi connectivity index (χ0) is 11.1. The molecular formula is C9H18N4OS. The van der Waals surface area contributed by atoms with Gasteiger partial charge < -0.3 is 10.8 Å². The minimum atomic E-state index is 0.299. The second-order valence-electron chi connectivity index (χ2n) is 3.39. The van der Waals surface area contributed by atoms with E-state index < -0.39 is 0 Å². The van der Waals surface area contributed by atoms with Gasteiger partial charge in [-0.05, 0) is 12.8 Å². The summed E-state index contributed by atoms with van der Waals surface area (Å²) in [7, 11) is 1.86. The van der Waals surface area contributed by atoms with Crippen molar-refractivity contribution >= 4 is 17.7 Å². The molecule has 1 aromatic heterocycles. The summed E-state index contributed by atoms with van der Waals surface area (Å²) in [4.78, 5) is 0. The SMILES string of the molecule is Cn1c(N)nnc1SCCCCCCO. The third-order valence-corrected chi connectivity index (χ3v) is 3.26. The lowest BCUT2D eigenvalue weighted by atomic mass is 10.2. The van der Waals surface area contributed by atoms with Gasteiger partial charge in [0.15, 0.2) is 5.16 Å². The molecule has 1 aromatic rings. The maximum Gasteiger partial charge on any atom is 0.222 e. The van der Waals surface area contributed by atoms with E-state index in [0.717, 1.165) is 36.6 Å². The molecule has 0 saturated heterocycles. The van der Waals surface area contributed by atoms with Gasteiger partial charge in [0.25, 0.3) is 0 Å². The molecule has 0 amide bonds. The summed E-state index contributed by atoms with van der Waals surface area (Å²) < 4.78 is 1.79. The van der Waals surface area contributed by atoms with Gasteiger partial charge in [0, 0.05) is 19.4 Å². The number of nitrogen functional groups attached to an aromatic ring is 1. The molecule has 0 aliphatic rings. The molecule has 0 aromatic carbocycles. The second kappa shape index (κ2) is 6.68. The van der Waals surface area contributed by atoms with Gasteiger partial charge in [0.1, 0.15) is 0 Å². The smallest absolute Gasteiger partial charge is 0.222 e. The molecule has 0 bridgehead atoms. The Morgan fingerprint density at radius 2 is 2.00 bits per heavy atom. The topological polar surface area (TPSA) is 77.0 Å². The number of hydrogen-bond acceptors (Lipinski definition) is 5. The fourth-order valence-corrected chi connectivity index (χ4v) is 2.10. The molecule has 0 fully saturated rings. The average molecular weight is 230 g/mol. The number of rotatable bonds is 7. The van der Waals surface area contributed by atoms with Gasteiger partial charge in [0.2, 0.25) is 5.95 Å². The third kappa shape index (κ3) is 4.09. The number of hydrogen-bond donors (Lipinski definition) is 2. The molecule has 1 heterocycles. The Kier molecular flexibility index (Phi) is 5.49. The van der Waals surface area contributed by atoms with E-state index in [1.54, 1.807) is 16.3 Å². The van der Waals surface area contributed by atoms with Crippen LogP contribution in [0.15, 0.2) is 5.16 Å². The highest BCUT2D eigenvalue weighted by Crippen LogP contribution is 2.18. The first-order valence-electron chi connectivity index (χ1n) is 5.14. The van der Waals surface area contributed by atoms with Crippen molar-refractivity contribution in [1.82, 2.24) is 14.8 Å². The first-order valence-corrected chi connectivity index (χ1v) is 6.12. The van der Waals surface area contributed by atoms with Crippen molar-refractivity contribution in [2.75, 3.05) is 18.1 Å². The first-order chi connectivity index (χ1) is 7.25. The lowest BCUT2D eigenvalue weighted by Gasteiger charge is -2.01. The molecule has 0 aliphatic heterocycles. The number of nitrogens with two attached hydrogens (primary N) is 1. The minimum Gasteiger partial charge on any atom is -0.396 e. The fraction of sp³-hybridized carbons (Fsp3) is 0.778. The van der Waals surface area contributed by atoms with Crippen LogP contribution in [0.25, 0.3) is 0 Å². The number of thioether (sulfide) groups is 1. The Bertz CT molecular complexity index is 290. The molecule has 5 nitrogen and oxygen atoms in total. The van der Waals surface area contributed by atoms with E-state index in [0.29, 0.717) is 12.6 Å². The largest absolute Gasteiger partial charge is 0.396 e. The quantitative estimate of drug-likeness (QED) is 0.540. The van der Waals surface area contributed by atoms with Crippen LogP contribution >= 0.6 is 11.8 Å². The van der Waals surface area contributed by atoms with E-state index in [4.69, 9.17) is 10.8 Å². The summed E-state index contributed by atoms with van der Waals surface area (Å²) in [5.74, 6) is 1.48. The van der Waals surface area contributed by atoms with Crippen molar-refractivity contribution in [2.24, 2.45) is 7.05 Å². The van der Waals surface area contributed by atoms with Gasteiger partial charge in [0.05, 0.1) is 0 Å². The van der Waals surface area contributed by atoms with Crippen molar-refractivity contribution in [1.29, 1.82) is 0 Å². The number of unbranched alkanes of at least 4 members (excludes halogenated alkanes) is 3. The van der Waals surface area contributed by atoms with E-state index in [-0.39, 0.29) is 0 Å². The van der Waals surface area contributed by atoms with Crippen molar-refractivity contribution in [2.45, 2.75) is 30.8 Å². The van der Waals surface area contributed by atoms with Crippen LogP contribution in [0, 0.1) is 0 Å². The van der Waals surface area contributed by atoms with Gasteiger partial charge in [-0.3, -0.25) is 4.57 Å². The van der Waals surface area contributed by atoms with Crippen LogP contribution in [-0.4, -0.2) is 32.2 Å².